The predicted molar refractivity (Wildman–Crippen MR) is 88.8 cm³/mol. The van der Waals surface area contributed by atoms with E-state index in [2.05, 4.69) is 24.5 Å². The molecule has 0 radical (unpaired) electrons. The molecule has 22 heavy (non-hydrogen) atoms. The van der Waals surface area contributed by atoms with Crippen molar-refractivity contribution in [3.8, 4) is 5.75 Å². The number of hydrogen-bond donors (Lipinski definition) is 2. The van der Waals surface area contributed by atoms with Crippen LogP contribution in [0.4, 0.5) is 0 Å². The zero-order valence-corrected chi connectivity index (χ0v) is 13.7. The van der Waals surface area contributed by atoms with Gasteiger partial charge in [-0.1, -0.05) is 26.0 Å². The van der Waals surface area contributed by atoms with Gasteiger partial charge in [0.1, 0.15) is 5.75 Å². The molecule has 0 aromatic heterocycles. The van der Waals surface area contributed by atoms with E-state index < -0.39 is 0 Å². The van der Waals surface area contributed by atoms with E-state index in [1.165, 1.54) is 6.42 Å². The van der Waals surface area contributed by atoms with E-state index >= 15 is 0 Å². The van der Waals surface area contributed by atoms with Crippen LogP contribution in [0.15, 0.2) is 24.3 Å². The fourth-order valence-corrected chi connectivity index (χ4v) is 2.59. The van der Waals surface area contributed by atoms with Gasteiger partial charge in [-0.15, -0.1) is 0 Å². The van der Waals surface area contributed by atoms with Crippen molar-refractivity contribution in [1.29, 1.82) is 0 Å². The summed E-state index contributed by atoms with van der Waals surface area (Å²) in [5.74, 6) is 2.19. The normalized spacial score (nSPS) is 17.7. The molecule has 1 atom stereocenters. The number of carbonyl (C=O) groups is 1. The van der Waals surface area contributed by atoms with Gasteiger partial charge in [0.2, 0.25) is 5.91 Å². The Kier molecular flexibility index (Phi) is 6.72. The summed E-state index contributed by atoms with van der Waals surface area (Å²) in [7, 11) is 0. The first-order valence-corrected chi connectivity index (χ1v) is 8.32. The molecule has 0 bridgehead atoms. The third kappa shape index (κ3) is 6.06. The van der Waals surface area contributed by atoms with Crippen molar-refractivity contribution >= 4 is 5.91 Å². The second kappa shape index (κ2) is 8.79. The van der Waals surface area contributed by atoms with Gasteiger partial charge in [0.15, 0.2) is 0 Å². The summed E-state index contributed by atoms with van der Waals surface area (Å²) < 4.78 is 5.71. The number of carbonyl (C=O) groups excluding carboxylic acids is 1. The Morgan fingerprint density at radius 3 is 3.05 bits per heavy atom. The zero-order valence-electron chi connectivity index (χ0n) is 13.7. The lowest BCUT2D eigenvalue weighted by molar-refractivity contribution is -0.121. The second-order valence-electron chi connectivity index (χ2n) is 6.53. The molecule has 1 unspecified atom stereocenters. The second-order valence-corrected chi connectivity index (χ2v) is 6.53. The smallest absolute Gasteiger partial charge is 0.220 e. The van der Waals surface area contributed by atoms with Crippen molar-refractivity contribution in [1.82, 2.24) is 10.6 Å². The van der Waals surface area contributed by atoms with Crippen LogP contribution in [-0.2, 0) is 11.3 Å². The van der Waals surface area contributed by atoms with E-state index in [1.54, 1.807) is 0 Å². The lowest BCUT2D eigenvalue weighted by atomic mass is 10.0. The van der Waals surface area contributed by atoms with Gasteiger partial charge < -0.3 is 15.4 Å². The van der Waals surface area contributed by atoms with Crippen LogP contribution in [0, 0.1) is 11.8 Å². The van der Waals surface area contributed by atoms with Crippen LogP contribution in [0.2, 0.25) is 0 Å². The average Bonchev–Trinajstić information content (AvgIpc) is 3.03. The first kappa shape index (κ1) is 16.8. The molecule has 0 saturated carbocycles. The Labute approximate surface area is 133 Å². The topological polar surface area (TPSA) is 50.4 Å². The van der Waals surface area contributed by atoms with Crippen LogP contribution in [0.3, 0.4) is 0 Å². The van der Waals surface area contributed by atoms with Crippen molar-refractivity contribution in [2.24, 2.45) is 11.8 Å². The van der Waals surface area contributed by atoms with Crippen LogP contribution in [0.1, 0.15) is 38.7 Å². The first-order valence-electron chi connectivity index (χ1n) is 8.32. The first-order chi connectivity index (χ1) is 10.6. The molecule has 1 aromatic rings. The van der Waals surface area contributed by atoms with E-state index in [9.17, 15) is 4.79 Å². The lowest BCUT2D eigenvalue weighted by Gasteiger charge is -2.11. The lowest BCUT2D eigenvalue weighted by Crippen LogP contribution is -2.23. The minimum absolute atomic E-state index is 0.139. The molecule has 0 aliphatic carbocycles. The largest absolute Gasteiger partial charge is 0.493 e. The van der Waals surface area contributed by atoms with E-state index in [1.807, 2.05) is 24.3 Å². The summed E-state index contributed by atoms with van der Waals surface area (Å²) in [6.07, 6.45) is 2.80. The Hall–Kier alpha value is -1.55. The fraction of sp³-hybridized carbons (Fsp3) is 0.611. The van der Waals surface area contributed by atoms with Gasteiger partial charge in [-0.3, -0.25) is 4.79 Å². The Bertz CT molecular complexity index is 468. The number of nitrogens with one attached hydrogen (secondary N) is 2. The van der Waals surface area contributed by atoms with E-state index in [0.29, 0.717) is 31.4 Å². The summed E-state index contributed by atoms with van der Waals surface area (Å²) in [6.45, 7) is 7.69. The number of ether oxygens (including phenoxy) is 1. The molecule has 1 saturated heterocycles. The molecule has 2 N–H and O–H groups in total. The van der Waals surface area contributed by atoms with Gasteiger partial charge in [0.25, 0.3) is 0 Å². The van der Waals surface area contributed by atoms with Crippen molar-refractivity contribution in [3.05, 3.63) is 29.8 Å². The number of rotatable bonds is 8. The average molecular weight is 304 g/mol. The highest BCUT2D eigenvalue weighted by Crippen LogP contribution is 2.15. The Morgan fingerprint density at radius 2 is 2.32 bits per heavy atom. The van der Waals surface area contributed by atoms with Gasteiger partial charge in [0, 0.05) is 13.0 Å². The minimum Gasteiger partial charge on any atom is -0.493 e. The molecule has 1 heterocycles. The fourth-order valence-electron chi connectivity index (χ4n) is 2.59. The van der Waals surface area contributed by atoms with Gasteiger partial charge in [-0.05, 0) is 55.5 Å². The molecule has 122 valence electrons. The number of benzene rings is 1. The van der Waals surface area contributed by atoms with Crippen molar-refractivity contribution < 1.29 is 9.53 Å². The van der Waals surface area contributed by atoms with E-state index in [4.69, 9.17) is 4.74 Å². The monoisotopic (exact) mass is 304 g/mol. The van der Waals surface area contributed by atoms with E-state index in [-0.39, 0.29) is 5.91 Å². The maximum absolute atomic E-state index is 11.9. The maximum Gasteiger partial charge on any atom is 0.220 e. The molecule has 1 amide bonds. The Balaban J connectivity index is 1.71. The number of hydrogen-bond acceptors (Lipinski definition) is 3. The summed E-state index contributed by atoms with van der Waals surface area (Å²) >= 11 is 0. The maximum atomic E-state index is 11.9. The SMILES string of the molecule is CC(C)COc1cccc(CNC(=O)CCC2CCNC2)c1. The third-order valence-corrected chi connectivity index (χ3v) is 3.91. The molecular weight excluding hydrogens is 276 g/mol. The van der Waals surface area contributed by atoms with Crippen molar-refractivity contribution in [2.75, 3.05) is 19.7 Å². The highest BCUT2D eigenvalue weighted by atomic mass is 16.5. The molecule has 1 aromatic carbocycles. The van der Waals surface area contributed by atoms with Crippen molar-refractivity contribution in [3.63, 3.8) is 0 Å². The molecule has 1 aliphatic rings. The highest BCUT2D eigenvalue weighted by Gasteiger charge is 2.15. The van der Waals surface area contributed by atoms with Crippen LogP contribution in [0.25, 0.3) is 0 Å². The molecule has 4 nitrogen and oxygen atoms in total. The van der Waals surface area contributed by atoms with Crippen molar-refractivity contribution in [2.45, 2.75) is 39.7 Å². The summed E-state index contributed by atoms with van der Waals surface area (Å²) in [6, 6.07) is 7.95. The molecule has 2 rings (SSSR count). The van der Waals surface area contributed by atoms with Crippen LogP contribution >= 0.6 is 0 Å². The van der Waals surface area contributed by atoms with Gasteiger partial charge >= 0.3 is 0 Å². The highest BCUT2D eigenvalue weighted by molar-refractivity contribution is 5.75. The molecule has 1 fully saturated rings. The predicted octanol–water partition coefficient (Wildman–Crippen LogP) is 2.73. The molecular formula is C18H28N2O2. The summed E-state index contributed by atoms with van der Waals surface area (Å²) in [5.41, 5.74) is 1.08. The van der Waals surface area contributed by atoms with Gasteiger partial charge in [0.05, 0.1) is 6.61 Å². The van der Waals surface area contributed by atoms with Crippen LogP contribution < -0.4 is 15.4 Å². The molecule has 4 heteroatoms. The van der Waals surface area contributed by atoms with Crippen LogP contribution in [0.5, 0.6) is 5.75 Å². The minimum atomic E-state index is 0.139. The van der Waals surface area contributed by atoms with Crippen LogP contribution in [-0.4, -0.2) is 25.6 Å². The standard InChI is InChI=1S/C18H28N2O2/c1-14(2)13-22-17-5-3-4-16(10-17)12-20-18(21)7-6-15-8-9-19-11-15/h3-5,10,14-15,19H,6-9,11-13H2,1-2H3,(H,20,21). The molecule has 0 spiro atoms. The quantitative estimate of drug-likeness (QED) is 0.776. The zero-order chi connectivity index (χ0) is 15.8. The Morgan fingerprint density at radius 1 is 1.45 bits per heavy atom. The third-order valence-electron chi connectivity index (χ3n) is 3.91. The molecule has 1 aliphatic heterocycles. The van der Waals surface area contributed by atoms with Gasteiger partial charge in [-0.2, -0.15) is 0 Å². The summed E-state index contributed by atoms with van der Waals surface area (Å²) in [5, 5.41) is 6.33. The summed E-state index contributed by atoms with van der Waals surface area (Å²) in [4.78, 5) is 11.9. The van der Waals surface area contributed by atoms with E-state index in [0.717, 1.165) is 30.8 Å². The van der Waals surface area contributed by atoms with Gasteiger partial charge in [-0.25, -0.2) is 0 Å². The number of amides is 1.